The van der Waals surface area contributed by atoms with Gasteiger partial charge in [0, 0.05) is 55.9 Å². The number of carbonyl (C=O) groups is 4. The number of hydrogen-bond acceptors (Lipinski definition) is 11. The molecule has 4 aliphatic carbocycles. The van der Waals surface area contributed by atoms with E-state index in [-0.39, 0.29) is 97.1 Å². The Morgan fingerprint density at radius 3 is 2.65 bits per heavy atom. The first-order chi connectivity index (χ1) is 28.9. The second-order valence-electron chi connectivity index (χ2n) is 18.7. The molecule has 1 aromatic heterocycles. The van der Waals surface area contributed by atoms with Crippen LogP contribution in [0.4, 0.5) is 0 Å². The zero-order valence-corrected chi connectivity index (χ0v) is 35.2. The summed E-state index contributed by atoms with van der Waals surface area (Å²) in [6.07, 6.45) is 8.42. The number of ether oxygens (including phenoxy) is 5. The number of benzene rings is 2. The molecule has 3 heterocycles. The number of hydrogen-bond donors (Lipinski definition) is 0. The van der Waals surface area contributed by atoms with E-state index in [9.17, 15) is 24.3 Å². The predicted molar refractivity (Wildman–Crippen MR) is 219 cm³/mol. The van der Waals surface area contributed by atoms with Gasteiger partial charge in [0.15, 0.2) is 35.7 Å². The minimum Gasteiger partial charge on any atom is -0.862 e. The maximum atomic E-state index is 14.1. The van der Waals surface area contributed by atoms with Crippen molar-refractivity contribution in [3.05, 3.63) is 42.1 Å². The molecule has 12 nitrogen and oxygen atoms in total. The Balaban J connectivity index is 0.755. The number of ketones is 3. The van der Waals surface area contributed by atoms with Crippen LogP contribution >= 0.6 is 0 Å². The number of nitrogens with zero attached hydrogens (tertiary/aromatic N) is 2. The van der Waals surface area contributed by atoms with E-state index in [1.165, 1.54) is 5.56 Å². The number of esters is 1. The van der Waals surface area contributed by atoms with Crippen molar-refractivity contribution >= 4 is 40.0 Å². The molecule has 2 aromatic carbocycles. The lowest BCUT2D eigenvalue weighted by Gasteiger charge is -2.58. The van der Waals surface area contributed by atoms with Gasteiger partial charge in [0.25, 0.3) is 0 Å². The van der Waals surface area contributed by atoms with Crippen LogP contribution in [0, 0.1) is 46.3 Å². The third kappa shape index (κ3) is 6.91. The first-order valence-electron chi connectivity index (χ1n) is 21.9. The normalized spacial score (nSPS) is 29.6. The van der Waals surface area contributed by atoms with Crippen LogP contribution in [0.1, 0.15) is 90.5 Å². The van der Waals surface area contributed by atoms with E-state index in [2.05, 4.69) is 54.7 Å². The van der Waals surface area contributed by atoms with Crippen LogP contribution in [-0.4, -0.2) is 62.9 Å². The molecule has 8 atom stereocenters. The van der Waals surface area contributed by atoms with Crippen LogP contribution in [-0.2, 0) is 36.9 Å². The van der Waals surface area contributed by atoms with Gasteiger partial charge >= 0.3 is 5.97 Å². The Hall–Kier alpha value is -5.00. The largest absolute Gasteiger partial charge is 0.862 e. The highest BCUT2D eigenvalue weighted by Gasteiger charge is 2.66. The fourth-order valence-corrected chi connectivity index (χ4v) is 12.3. The number of rotatable bonds is 12. The Morgan fingerprint density at radius 2 is 1.83 bits per heavy atom. The van der Waals surface area contributed by atoms with Crippen molar-refractivity contribution in [1.82, 2.24) is 0 Å². The minimum absolute atomic E-state index is 0.00460. The average Bonchev–Trinajstić information content (AvgIpc) is 3.85. The second-order valence-corrected chi connectivity index (χ2v) is 18.7. The van der Waals surface area contributed by atoms with Crippen molar-refractivity contribution in [2.75, 3.05) is 33.7 Å². The molecule has 2 aliphatic heterocycles. The molecule has 9 rings (SSSR count). The van der Waals surface area contributed by atoms with Gasteiger partial charge in [-0.05, 0) is 108 Å². The first kappa shape index (κ1) is 40.4. The number of methoxy groups -OCH3 is 1. The molecule has 0 saturated heterocycles. The van der Waals surface area contributed by atoms with Crippen LogP contribution in [0.15, 0.2) is 41.5 Å². The maximum absolute atomic E-state index is 14.1. The van der Waals surface area contributed by atoms with Gasteiger partial charge in [0.2, 0.25) is 12.5 Å². The van der Waals surface area contributed by atoms with Crippen LogP contribution in [0.5, 0.6) is 23.0 Å². The quantitative estimate of drug-likeness (QED) is 0.0683. The summed E-state index contributed by atoms with van der Waals surface area (Å²) >= 11 is 0. The lowest BCUT2D eigenvalue weighted by Crippen LogP contribution is -2.60. The van der Waals surface area contributed by atoms with E-state index in [0.717, 1.165) is 65.8 Å². The first-order valence-corrected chi connectivity index (χ1v) is 21.9. The van der Waals surface area contributed by atoms with Crippen LogP contribution in [0.2, 0.25) is 0 Å². The van der Waals surface area contributed by atoms with Crippen molar-refractivity contribution < 1.29 is 52.5 Å². The SMILES string of the molecule is COc1ccc2cc3[n+](cc2c1OCCCOC(=O)CN=C([O-])CC[C@@H](C)C1CCC2C4C(=O)CC5CC(=O)CC[C@]5(C)C4CC(=O)[C@@]21C)CCc1cc2c(cc1-3)OCO2. The summed E-state index contributed by atoms with van der Waals surface area (Å²) in [5.74, 6) is 2.65. The Bertz CT molecular complexity index is 2290. The molecule has 0 bridgehead atoms. The van der Waals surface area contributed by atoms with Gasteiger partial charge in [-0.25, -0.2) is 0 Å². The lowest BCUT2D eigenvalue weighted by atomic mass is 9.44. The van der Waals surface area contributed by atoms with Crippen molar-refractivity contribution in [1.29, 1.82) is 0 Å². The Kier molecular flexibility index (Phi) is 10.6. The van der Waals surface area contributed by atoms with Gasteiger partial charge in [0.1, 0.15) is 23.9 Å². The van der Waals surface area contributed by atoms with Gasteiger partial charge in [-0.1, -0.05) is 20.8 Å². The standard InChI is InChI=1S/C48H56N2O10/c1-27(34-8-9-35-45-36(23-42(53)48(34,35)3)47(2)14-12-31(51)20-30(47)21-38(45)52)6-11-43(54)49-24-44(55)57-16-5-17-58-46-33-25-50-15-13-29-19-40-41(60-26-59-40)22-32(29)37(50)18-28(33)7-10-39(46)56-4/h7,10,18-19,22,25,27,30,34-36,45H,5-6,8-9,11-17,20-21,23-24,26H2,1-4H3/t27-,30?,34?,35?,36?,45?,47+,48-/m1/s1. The average molecular weight is 821 g/mol. The van der Waals surface area contributed by atoms with Gasteiger partial charge in [0.05, 0.1) is 31.3 Å². The molecular weight excluding hydrogens is 765 g/mol. The van der Waals surface area contributed by atoms with Gasteiger partial charge in [-0.15, -0.1) is 0 Å². The second kappa shape index (κ2) is 15.8. The van der Waals surface area contributed by atoms with Crippen LogP contribution in [0.25, 0.3) is 22.0 Å². The molecular formula is C48H56N2O10. The molecule has 60 heavy (non-hydrogen) atoms. The van der Waals surface area contributed by atoms with Gasteiger partial charge < -0.3 is 28.8 Å². The molecule has 318 valence electrons. The van der Waals surface area contributed by atoms with E-state index in [0.29, 0.717) is 50.0 Å². The van der Waals surface area contributed by atoms with E-state index in [1.807, 2.05) is 12.1 Å². The van der Waals surface area contributed by atoms with Gasteiger partial charge in [-0.3, -0.25) is 24.2 Å². The molecule has 0 N–H and O–H groups in total. The molecule has 0 amide bonds. The highest BCUT2D eigenvalue weighted by Crippen LogP contribution is 2.66. The third-order valence-corrected chi connectivity index (χ3v) is 15.7. The maximum Gasteiger partial charge on any atom is 0.327 e. The molecule has 5 unspecified atom stereocenters. The number of fused-ring (bicyclic) bond motifs is 10. The summed E-state index contributed by atoms with van der Waals surface area (Å²) in [5, 5.41) is 14.8. The van der Waals surface area contributed by atoms with Crippen molar-refractivity contribution in [2.45, 2.75) is 97.9 Å². The predicted octanol–water partition coefficient (Wildman–Crippen LogP) is 6.16. The summed E-state index contributed by atoms with van der Waals surface area (Å²) in [7, 11) is 1.61. The van der Waals surface area contributed by atoms with E-state index in [1.54, 1.807) is 7.11 Å². The van der Waals surface area contributed by atoms with Crippen LogP contribution < -0.4 is 28.6 Å². The van der Waals surface area contributed by atoms with E-state index in [4.69, 9.17) is 23.7 Å². The molecule has 0 spiro atoms. The van der Waals surface area contributed by atoms with Crippen molar-refractivity contribution in [2.24, 2.45) is 51.3 Å². The summed E-state index contributed by atoms with van der Waals surface area (Å²) in [4.78, 5) is 56.7. The molecule has 0 radical (unpaired) electrons. The number of Topliss-reactive ketones (excluding diaryl/α,β-unsaturated/α-hetero) is 3. The number of aryl methyl sites for hydroxylation is 2. The number of pyridine rings is 1. The monoisotopic (exact) mass is 820 g/mol. The zero-order chi connectivity index (χ0) is 41.9. The third-order valence-electron chi connectivity index (χ3n) is 15.7. The summed E-state index contributed by atoms with van der Waals surface area (Å²) < 4.78 is 30.8. The van der Waals surface area contributed by atoms with E-state index >= 15 is 0 Å². The van der Waals surface area contributed by atoms with E-state index < -0.39 is 11.4 Å². The topological polar surface area (TPSA) is 154 Å². The summed E-state index contributed by atoms with van der Waals surface area (Å²) in [6.45, 7) is 7.48. The molecule has 6 aliphatic rings. The fraction of sp³-hybridized carbons (Fsp3) is 0.583. The molecule has 4 fully saturated rings. The Labute approximate surface area is 351 Å². The molecule has 12 heteroatoms. The number of aliphatic imine (C=N–C) groups is 1. The summed E-state index contributed by atoms with van der Waals surface area (Å²) in [6, 6.07) is 10.2. The smallest absolute Gasteiger partial charge is 0.327 e. The molecule has 3 aromatic rings. The summed E-state index contributed by atoms with van der Waals surface area (Å²) in [5.41, 5.74) is 2.68. The molecule has 4 saturated carbocycles. The highest BCUT2D eigenvalue weighted by molar-refractivity contribution is 5.93. The van der Waals surface area contributed by atoms with Crippen molar-refractivity contribution in [3.63, 3.8) is 0 Å². The number of carbonyl (C=O) groups excluding carboxylic acids is 4. The van der Waals surface area contributed by atoms with Gasteiger partial charge in [-0.2, -0.15) is 4.57 Å². The minimum atomic E-state index is -0.603. The van der Waals surface area contributed by atoms with Crippen LogP contribution in [0.3, 0.4) is 0 Å². The number of aromatic nitrogens is 1. The highest BCUT2D eigenvalue weighted by atomic mass is 16.7. The zero-order valence-electron chi connectivity index (χ0n) is 35.2. The Morgan fingerprint density at radius 1 is 1.02 bits per heavy atom. The lowest BCUT2D eigenvalue weighted by molar-refractivity contribution is -0.686. The fourth-order valence-electron chi connectivity index (χ4n) is 12.3. The van der Waals surface area contributed by atoms with Crippen molar-refractivity contribution in [3.8, 4) is 34.3 Å².